The van der Waals surface area contributed by atoms with Crippen LogP contribution in [0.4, 0.5) is 0 Å². The van der Waals surface area contributed by atoms with Crippen LogP contribution in [0.5, 0.6) is 0 Å². The number of rotatable bonds is 4. The lowest BCUT2D eigenvalue weighted by Gasteiger charge is -2.31. The highest BCUT2D eigenvalue weighted by Gasteiger charge is 2.43. The topological polar surface area (TPSA) is 21.8 Å². The Morgan fingerprint density at radius 3 is 2.10 bits per heavy atom. The number of hydrogen-bond acceptors (Lipinski definition) is 2. The monoisotopic (exact) mass is 266 g/mol. The van der Waals surface area contributed by atoms with E-state index in [1.807, 2.05) is 0 Å². The Labute approximate surface area is 119 Å². The lowest BCUT2D eigenvalue weighted by Crippen LogP contribution is -2.29. The van der Waals surface area contributed by atoms with E-state index < -0.39 is 0 Å². The summed E-state index contributed by atoms with van der Waals surface area (Å²) in [5.74, 6) is 0. The Balaban J connectivity index is 1.87. The fourth-order valence-corrected chi connectivity index (χ4v) is 3.32. The van der Waals surface area contributed by atoms with E-state index in [1.54, 1.807) is 0 Å². The first-order valence-electron chi connectivity index (χ1n) is 7.30. The zero-order valence-corrected chi connectivity index (χ0v) is 11.6. The van der Waals surface area contributed by atoms with Gasteiger partial charge in [0.25, 0.3) is 0 Å². The summed E-state index contributed by atoms with van der Waals surface area (Å²) in [4.78, 5) is 0. The number of epoxide rings is 1. The number of benzene rings is 2. The molecule has 0 saturated carbocycles. The van der Waals surface area contributed by atoms with Crippen molar-refractivity contribution in [1.29, 1.82) is 0 Å². The molecule has 2 aliphatic rings. The smallest absolute Gasteiger partial charge is 0.119 e. The second-order valence-electron chi connectivity index (χ2n) is 5.54. The van der Waals surface area contributed by atoms with Crippen molar-refractivity contribution in [1.82, 2.24) is 0 Å². The molecule has 1 saturated heterocycles. The minimum atomic E-state index is -0.306. The van der Waals surface area contributed by atoms with E-state index in [4.69, 9.17) is 9.47 Å². The van der Waals surface area contributed by atoms with E-state index in [2.05, 4.69) is 55.5 Å². The summed E-state index contributed by atoms with van der Waals surface area (Å²) in [6.07, 6.45) is 1.23. The van der Waals surface area contributed by atoms with E-state index in [-0.39, 0.29) is 5.60 Å². The molecule has 1 unspecified atom stereocenters. The van der Waals surface area contributed by atoms with Gasteiger partial charge in [0.1, 0.15) is 11.7 Å². The van der Waals surface area contributed by atoms with Crippen molar-refractivity contribution in [2.45, 2.75) is 25.0 Å². The standard InChI is InChI=1S/C18H18O2/c1-2-18(20-12-13-11-19-13)16-9-5-3-7-14(16)15-8-4-6-10-17(15)18/h3-10,13H,2,11-12H2,1H3. The highest BCUT2D eigenvalue weighted by atomic mass is 16.6. The molecule has 2 heteroatoms. The van der Waals surface area contributed by atoms with Crippen LogP contribution in [-0.4, -0.2) is 19.3 Å². The maximum absolute atomic E-state index is 6.39. The van der Waals surface area contributed by atoms with E-state index in [9.17, 15) is 0 Å². The minimum Gasteiger partial charge on any atom is -0.371 e. The van der Waals surface area contributed by atoms with E-state index in [0.29, 0.717) is 12.7 Å². The fraction of sp³-hybridized carbons (Fsp3) is 0.333. The van der Waals surface area contributed by atoms with Gasteiger partial charge in [-0.3, -0.25) is 0 Å². The van der Waals surface area contributed by atoms with Crippen molar-refractivity contribution in [2.24, 2.45) is 0 Å². The third kappa shape index (κ3) is 1.65. The summed E-state index contributed by atoms with van der Waals surface area (Å²) in [5.41, 5.74) is 4.90. The first-order valence-corrected chi connectivity index (χ1v) is 7.30. The zero-order valence-electron chi connectivity index (χ0n) is 11.6. The highest BCUT2D eigenvalue weighted by molar-refractivity contribution is 5.80. The van der Waals surface area contributed by atoms with Gasteiger partial charge in [0.15, 0.2) is 0 Å². The Bertz CT molecular complexity index is 598. The molecule has 102 valence electrons. The van der Waals surface area contributed by atoms with Crippen molar-refractivity contribution in [2.75, 3.05) is 13.2 Å². The fourth-order valence-electron chi connectivity index (χ4n) is 3.32. The Hall–Kier alpha value is -1.64. The molecule has 0 amide bonds. The Morgan fingerprint density at radius 2 is 1.60 bits per heavy atom. The molecule has 0 aromatic heterocycles. The second kappa shape index (κ2) is 4.44. The normalized spacial score (nSPS) is 21.4. The molecule has 1 atom stereocenters. The van der Waals surface area contributed by atoms with Gasteiger partial charge in [0, 0.05) is 0 Å². The van der Waals surface area contributed by atoms with Crippen LogP contribution in [0.2, 0.25) is 0 Å². The van der Waals surface area contributed by atoms with Crippen molar-refractivity contribution in [3.05, 3.63) is 59.7 Å². The van der Waals surface area contributed by atoms with Gasteiger partial charge in [-0.2, -0.15) is 0 Å². The molecule has 20 heavy (non-hydrogen) atoms. The molecule has 0 bridgehead atoms. The molecule has 0 radical (unpaired) electrons. The van der Waals surface area contributed by atoms with Gasteiger partial charge in [0.2, 0.25) is 0 Å². The van der Waals surface area contributed by atoms with E-state index in [1.165, 1.54) is 22.3 Å². The maximum Gasteiger partial charge on any atom is 0.119 e. The summed E-state index contributed by atoms with van der Waals surface area (Å²) in [6, 6.07) is 17.2. The quantitative estimate of drug-likeness (QED) is 0.786. The largest absolute Gasteiger partial charge is 0.371 e. The molecule has 2 aromatic carbocycles. The maximum atomic E-state index is 6.39. The van der Waals surface area contributed by atoms with E-state index >= 15 is 0 Å². The zero-order chi connectivity index (χ0) is 13.6. The molecule has 4 rings (SSSR count). The molecular formula is C18H18O2. The van der Waals surface area contributed by atoms with Crippen LogP contribution >= 0.6 is 0 Å². The van der Waals surface area contributed by atoms with Crippen molar-refractivity contribution >= 4 is 0 Å². The van der Waals surface area contributed by atoms with Crippen LogP contribution in [0.1, 0.15) is 24.5 Å². The van der Waals surface area contributed by atoms with Gasteiger partial charge in [-0.25, -0.2) is 0 Å². The highest BCUT2D eigenvalue weighted by Crippen LogP contribution is 2.51. The molecule has 1 aliphatic heterocycles. The van der Waals surface area contributed by atoms with Gasteiger partial charge in [0.05, 0.1) is 13.2 Å². The molecule has 1 fully saturated rings. The third-order valence-corrected chi connectivity index (χ3v) is 4.43. The van der Waals surface area contributed by atoms with Crippen molar-refractivity contribution in [3.8, 4) is 11.1 Å². The molecular weight excluding hydrogens is 248 g/mol. The van der Waals surface area contributed by atoms with Gasteiger partial charge >= 0.3 is 0 Å². The number of ether oxygens (including phenoxy) is 2. The van der Waals surface area contributed by atoms with Crippen molar-refractivity contribution < 1.29 is 9.47 Å². The van der Waals surface area contributed by atoms with Crippen LogP contribution in [0.3, 0.4) is 0 Å². The second-order valence-corrected chi connectivity index (χ2v) is 5.54. The lowest BCUT2D eigenvalue weighted by atomic mass is 9.88. The lowest BCUT2D eigenvalue weighted by molar-refractivity contribution is -0.0252. The molecule has 1 aliphatic carbocycles. The van der Waals surface area contributed by atoms with Gasteiger partial charge in [-0.15, -0.1) is 0 Å². The number of fused-ring (bicyclic) bond motifs is 3. The first-order chi connectivity index (χ1) is 9.85. The molecule has 1 heterocycles. The molecule has 2 aromatic rings. The van der Waals surface area contributed by atoms with Crippen LogP contribution in [-0.2, 0) is 15.1 Å². The number of hydrogen-bond donors (Lipinski definition) is 0. The van der Waals surface area contributed by atoms with Gasteiger partial charge < -0.3 is 9.47 Å². The molecule has 0 spiro atoms. The van der Waals surface area contributed by atoms with Crippen LogP contribution in [0, 0.1) is 0 Å². The van der Waals surface area contributed by atoms with Gasteiger partial charge in [-0.05, 0) is 28.7 Å². The summed E-state index contributed by atoms with van der Waals surface area (Å²) in [6.45, 7) is 3.71. The van der Waals surface area contributed by atoms with Crippen LogP contribution < -0.4 is 0 Å². The summed E-state index contributed by atoms with van der Waals surface area (Å²) in [7, 11) is 0. The summed E-state index contributed by atoms with van der Waals surface area (Å²) < 4.78 is 11.7. The average Bonchev–Trinajstić information content (AvgIpc) is 3.30. The SMILES string of the molecule is CCC1(OCC2CO2)c2ccccc2-c2ccccc21. The summed E-state index contributed by atoms with van der Waals surface area (Å²) in [5, 5.41) is 0. The third-order valence-electron chi connectivity index (χ3n) is 4.43. The predicted octanol–water partition coefficient (Wildman–Crippen LogP) is 3.74. The Kier molecular flexibility index (Phi) is 2.69. The van der Waals surface area contributed by atoms with Crippen molar-refractivity contribution in [3.63, 3.8) is 0 Å². The average molecular weight is 266 g/mol. The summed E-state index contributed by atoms with van der Waals surface area (Å²) >= 11 is 0. The van der Waals surface area contributed by atoms with E-state index in [0.717, 1.165) is 13.0 Å². The van der Waals surface area contributed by atoms with Crippen LogP contribution in [0.25, 0.3) is 11.1 Å². The van der Waals surface area contributed by atoms with Gasteiger partial charge in [-0.1, -0.05) is 55.5 Å². The minimum absolute atomic E-state index is 0.290. The Morgan fingerprint density at radius 1 is 1.05 bits per heavy atom. The molecule has 2 nitrogen and oxygen atoms in total. The van der Waals surface area contributed by atoms with Crippen LogP contribution in [0.15, 0.2) is 48.5 Å². The molecule has 0 N–H and O–H groups in total. The predicted molar refractivity (Wildman–Crippen MR) is 78.6 cm³/mol. The first kappa shape index (κ1) is 12.1.